The maximum atomic E-state index is 12.3. The van der Waals surface area contributed by atoms with Crippen LogP contribution in [0.2, 0.25) is 4.34 Å². The Hall–Kier alpha value is -3.24. The number of nitrogens with zero attached hydrogens (tertiary/aromatic N) is 4. The van der Waals surface area contributed by atoms with Gasteiger partial charge in [0.1, 0.15) is 12.4 Å². The van der Waals surface area contributed by atoms with E-state index in [0.29, 0.717) is 22.4 Å². The lowest BCUT2D eigenvalue weighted by Gasteiger charge is -2.26. The molecule has 10 heteroatoms. The van der Waals surface area contributed by atoms with Crippen LogP contribution in [0.3, 0.4) is 0 Å². The summed E-state index contributed by atoms with van der Waals surface area (Å²) in [7, 11) is 1.90. The summed E-state index contributed by atoms with van der Waals surface area (Å²) in [5, 5.41) is 3.12. The van der Waals surface area contributed by atoms with Gasteiger partial charge in [-0.1, -0.05) is 24.1 Å². The van der Waals surface area contributed by atoms with Crippen molar-refractivity contribution >= 4 is 29.2 Å². The number of aldehydes is 1. The quantitative estimate of drug-likeness (QED) is 0.299. The number of hydrogen-bond acceptors (Lipinski definition) is 7. The molecule has 1 aliphatic rings. The number of hydrogen-bond donors (Lipinski definition) is 1. The number of rotatable bonds is 9. The van der Waals surface area contributed by atoms with Gasteiger partial charge in [0.25, 0.3) is 5.56 Å². The molecule has 1 N–H and O–H groups in total. The van der Waals surface area contributed by atoms with Gasteiger partial charge in [-0.15, -0.1) is 11.3 Å². The van der Waals surface area contributed by atoms with Crippen molar-refractivity contribution in [3.05, 3.63) is 92.5 Å². The fourth-order valence-corrected chi connectivity index (χ4v) is 5.13. The first-order chi connectivity index (χ1) is 18.6. The van der Waals surface area contributed by atoms with Crippen LogP contribution in [-0.2, 0) is 6.54 Å². The van der Waals surface area contributed by atoms with Gasteiger partial charge in [0.05, 0.1) is 32.6 Å². The van der Waals surface area contributed by atoms with E-state index in [9.17, 15) is 9.59 Å². The van der Waals surface area contributed by atoms with Gasteiger partial charge in [-0.2, -0.15) is 0 Å². The summed E-state index contributed by atoms with van der Waals surface area (Å²) in [6.07, 6.45) is 10.2. The lowest BCUT2D eigenvalue weighted by atomic mass is 10.1. The van der Waals surface area contributed by atoms with E-state index >= 15 is 0 Å². The van der Waals surface area contributed by atoms with E-state index in [1.54, 1.807) is 41.4 Å². The van der Waals surface area contributed by atoms with Crippen LogP contribution < -0.4 is 15.6 Å². The molecule has 0 radical (unpaired) electrons. The van der Waals surface area contributed by atoms with Crippen LogP contribution in [0.4, 0.5) is 0 Å². The zero-order valence-corrected chi connectivity index (χ0v) is 23.0. The molecule has 1 aliphatic heterocycles. The fraction of sp³-hybridized carbons (Fsp3) is 0.321. The van der Waals surface area contributed by atoms with Gasteiger partial charge in [-0.3, -0.25) is 19.1 Å². The van der Waals surface area contributed by atoms with Crippen LogP contribution in [0, 0.1) is 0 Å². The molecule has 4 aromatic rings. The summed E-state index contributed by atoms with van der Waals surface area (Å²) in [6.45, 7) is 4.51. The van der Waals surface area contributed by atoms with E-state index in [0.717, 1.165) is 48.7 Å². The minimum Gasteiger partial charge on any atom is -0.490 e. The third-order valence-electron chi connectivity index (χ3n) is 6.14. The van der Waals surface area contributed by atoms with Crippen LogP contribution >= 0.6 is 22.9 Å². The van der Waals surface area contributed by atoms with Crippen molar-refractivity contribution in [1.82, 2.24) is 24.3 Å². The molecule has 0 atom stereocenters. The zero-order valence-electron chi connectivity index (χ0n) is 21.4. The second-order valence-electron chi connectivity index (χ2n) is 8.87. The molecule has 1 saturated heterocycles. The van der Waals surface area contributed by atoms with E-state index in [2.05, 4.69) is 15.2 Å². The second-order valence-corrected chi connectivity index (χ2v) is 10.6. The van der Waals surface area contributed by atoms with E-state index in [1.807, 2.05) is 42.1 Å². The number of nitrogens with one attached hydrogen (secondary N) is 1. The first-order valence-corrected chi connectivity index (χ1v) is 13.8. The number of carbonyl (C=O) groups is 1. The highest BCUT2D eigenvalue weighted by atomic mass is 35.5. The van der Waals surface area contributed by atoms with Crippen LogP contribution in [0.15, 0.2) is 72.0 Å². The Balaban J connectivity index is 0.000000360. The molecule has 0 bridgehead atoms. The summed E-state index contributed by atoms with van der Waals surface area (Å²) in [5.74, 6) is 0.744. The average Bonchev–Trinajstić information content (AvgIpc) is 3.59. The summed E-state index contributed by atoms with van der Waals surface area (Å²) in [5.41, 5.74) is 2.59. The Morgan fingerprint density at radius 1 is 1.13 bits per heavy atom. The number of thiophene rings is 1. The van der Waals surface area contributed by atoms with Crippen LogP contribution in [0.1, 0.15) is 34.6 Å². The minimum absolute atomic E-state index is 0.0662. The van der Waals surface area contributed by atoms with Crippen molar-refractivity contribution < 1.29 is 9.53 Å². The van der Waals surface area contributed by atoms with Crippen molar-refractivity contribution in [3.63, 3.8) is 0 Å². The molecule has 1 fully saturated rings. The van der Waals surface area contributed by atoms with E-state index < -0.39 is 0 Å². The molecule has 200 valence electrons. The summed E-state index contributed by atoms with van der Waals surface area (Å²) in [6, 6.07) is 14.4. The Labute approximate surface area is 231 Å². The number of piperidine rings is 1. The predicted molar refractivity (Wildman–Crippen MR) is 152 cm³/mol. The van der Waals surface area contributed by atoms with E-state index in [4.69, 9.17) is 16.3 Å². The Morgan fingerprint density at radius 2 is 1.97 bits per heavy atom. The van der Waals surface area contributed by atoms with Gasteiger partial charge < -0.3 is 14.6 Å². The lowest BCUT2D eigenvalue weighted by Crippen LogP contribution is -2.33. The van der Waals surface area contributed by atoms with Crippen LogP contribution in [-0.4, -0.2) is 58.6 Å². The summed E-state index contributed by atoms with van der Waals surface area (Å²) in [4.78, 5) is 29.8. The monoisotopic (exact) mass is 553 g/mol. The smallest absolute Gasteiger partial charge is 0.255 e. The molecule has 0 spiro atoms. The number of halogens is 1. The number of carbonyl (C=O) groups excluding carboxylic acids is 1. The molecular formula is C28H32ClN5O3S. The van der Waals surface area contributed by atoms with Gasteiger partial charge in [0.15, 0.2) is 6.29 Å². The molecule has 3 aromatic heterocycles. The summed E-state index contributed by atoms with van der Waals surface area (Å²) < 4.78 is 10.5. The predicted octanol–water partition coefficient (Wildman–Crippen LogP) is 4.82. The first kappa shape index (κ1) is 27.8. The average molecular weight is 554 g/mol. The third kappa shape index (κ3) is 7.64. The molecule has 0 unspecified atom stereocenters. The van der Waals surface area contributed by atoms with E-state index in [1.165, 1.54) is 30.6 Å². The zero-order chi connectivity index (χ0) is 26.7. The number of imidazole rings is 1. The molecular weight excluding hydrogens is 522 g/mol. The first-order valence-electron chi connectivity index (χ1n) is 12.6. The van der Waals surface area contributed by atoms with Crippen molar-refractivity contribution in [2.24, 2.45) is 0 Å². The number of pyridine rings is 1. The van der Waals surface area contributed by atoms with Crippen molar-refractivity contribution in [2.45, 2.75) is 25.8 Å². The minimum atomic E-state index is -0.0662. The third-order valence-corrected chi connectivity index (χ3v) is 7.30. The number of benzene rings is 1. The molecule has 4 heterocycles. The molecule has 0 saturated carbocycles. The molecule has 0 aliphatic carbocycles. The summed E-state index contributed by atoms with van der Waals surface area (Å²) >= 11 is 6.78. The van der Waals surface area contributed by atoms with Gasteiger partial charge in [0.2, 0.25) is 0 Å². The van der Waals surface area contributed by atoms with Crippen molar-refractivity contribution in [1.29, 1.82) is 0 Å². The Morgan fingerprint density at radius 3 is 2.66 bits per heavy atom. The van der Waals surface area contributed by atoms with Crippen LogP contribution in [0.25, 0.3) is 11.4 Å². The standard InChI is InChI=1S/C23H29N5O2.C5H3ClOS/c1-24-16-19-17-27(18-25-19)21-9-8-20(28-12-6-3-7-23(28)29)15-22(21)30-14-13-26-10-4-2-5-11-26;6-5-2-1-4(3-7)8-5/h3,6-9,12,15,17-18,24H,2,4-5,10-11,13-14,16H2,1H3;1-3H. The Bertz CT molecular complexity index is 1380. The Kier molecular flexibility index (Phi) is 10.3. The normalized spacial score (nSPS) is 13.5. The van der Waals surface area contributed by atoms with Crippen molar-refractivity contribution in [2.75, 3.05) is 33.3 Å². The topological polar surface area (TPSA) is 81.4 Å². The number of likely N-dealkylation sites (tertiary alicyclic amines) is 1. The highest BCUT2D eigenvalue weighted by Gasteiger charge is 2.13. The fourth-order valence-electron chi connectivity index (χ4n) is 4.25. The largest absolute Gasteiger partial charge is 0.490 e. The lowest BCUT2D eigenvalue weighted by molar-refractivity contribution is 0.112. The highest BCUT2D eigenvalue weighted by molar-refractivity contribution is 7.17. The molecule has 5 rings (SSSR count). The number of ether oxygens (including phenoxy) is 1. The second kappa shape index (κ2) is 14.1. The van der Waals surface area contributed by atoms with Gasteiger partial charge in [0, 0.05) is 37.6 Å². The maximum absolute atomic E-state index is 12.3. The molecule has 1 aromatic carbocycles. The maximum Gasteiger partial charge on any atom is 0.255 e. The molecule has 38 heavy (non-hydrogen) atoms. The molecule has 0 amide bonds. The van der Waals surface area contributed by atoms with E-state index in [-0.39, 0.29) is 5.56 Å². The number of aromatic nitrogens is 3. The van der Waals surface area contributed by atoms with Gasteiger partial charge in [-0.05, 0) is 63.3 Å². The highest BCUT2D eigenvalue weighted by Crippen LogP contribution is 2.26. The van der Waals surface area contributed by atoms with Crippen molar-refractivity contribution in [3.8, 4) is 17.1 Å². The van der Waals surface area contributed by atoms with Crippen LogP contribution in [0.5, 0.6) is 5.75 Å². The SMILES string of the molecule is CNCc1cn(-c2ccc(-n3ccccc3=O)cc2OCCN2CCCCC2)cn1.O=Cc1ccc(Cl)s1. The van der Waals surface area contributed by atoms with Gasteiger partial charge >= 0.3 is 0 Å². The molecule has 8 nitrogen and oxygen atoms in total. The van der Waals surface area contributed by atoms with Gasteiger partial charge in [-0.25, -0.2) is 4.98 Å².